The molecule has 7 rings (SSSR count). The van der Waals surface area contributed by atoms with Crippen LogP contribution in [0.5, 0.6) is 0 Å². The highest BCUT2D eigenvalue weighted by Crippen LogP contribution is 2.35. The number of fused-ring (bicyclic) bond motifs is 2. The first-order chi connectivity index (χ1) is 30.9. The molecule has 2 saturated heterocycles. The molecule has 330 valence electrons. The van der Waals surface area contributed by atoms with E-state index < -0.39 is 18.2 Å². The van der Waals surface area contributed by atoms with E-state index >= 15 is 0 Å². The summed E-state index contributed by atoms with van der Waals surface area (Å²) in [5.74, 6) is -0.946. The van der Waals surface area contributed by atoms with Crippen molar-refractivity contribution >= 4 is 46.0 Å². The Morgan fingerprint density at radius 1 is 0.906 bits per heavy atom. The third-order valence-corrected chi connectivity index (χ3v) is 11.8. The SMILES string of the molecule is C=CCN1CC(=O)N2[C@@H](CC(=C)/C=C\C(=C)O)C(=O)N(Cc3cccc4c(-c5ccc(NC(=O)c6ccc(N(CC)CC)cc6)cc5)cn(C)c34)C[C@@H]2N1C(=O)NCc1ccccc1. The van der Waals surface area contributed by atoms with Crippen molar-refractivity contribution in [2.45, 2.75) is 45.6 Å². The summed E-state index contributed by atoms with van der Waals surface area (Å²) in [6.45, 7) is 18.1. The summed E-state index contributed by atoms with van der Waals surface area (Å²) in [5.41, 5.74) is 7.46. The number of hydrogen-bond acceptors (Lipinski definition) is 7. The minimum atomic E-state index is -0.986. The zero-order chi connectivity index (χ0) is 45.5. The fraction of sp³-hybridized carbons (Fsp3) is 0.255. The molecular weight excluding hydrogens is 805 g/mol. The largest absolute Gasteiger partial charge is 0.509 e. The van der Waals surface area contributed by atoms with Gasteiger partial charge in [0.25, 0.3) is 5.91 Å². The van der Waals surface area contributed by atoms with Crippen LogP contribution < -0.4 is 15.5 Å². The van der Waals surface area contributed by atoms with E-state index in [0.717, 1.165) is 51.9 Å². The third-order valence-electron chi connectivity index (χ3n) is 11.8. The van der Waals surface area contributed by atoms with Crippen LogP contribution in [0.4, 0.5) is 16.2 Å². The number of urea groups is 1. The number of carbonyl (C=O) groups excluding carboxylic acids is 4. The number of nitrogens with one attached hydrogen (secondary N) is 2. The van der Waals surface area contributed by atoms with E-state index in [9.17, 15) is 24.3 Å². The average Bonchev–Trinajstić information content (AvgIpc) is 3.64. The molecule has 0 unspecified atom stereocenters. The van der Waals surface area contributed by atoms with Crippen molar-refractivity contribution in [1.82, 2.24) is 29.7 Å². The Morgan fingerprint density at radius 2 is 1.62 bits per heavy atom. The van der Waals surface area contributed by atoms with Crippen LogP contribution in [-0.2, 0) is 29.7 Å². The first kappa shape index (κ1) is 44.7. The van der Waals surface area contributed by atoms with Crippen molar-refractivity contribution in [3.8, 4) is 11.1 Å². The summed E-state index contributed by atoms with van der Waals surface area (Å²) in [6.07, 6.45) is 5.88. The summed E-state index contributed by atoms with van der Waals surface area (Å²) < 4.78 is 2.05. The van der Waals surface area contributed by atoms with Crippen LogP contribution in [0.3, 0.4) is 0 Å². The molecule has 3 heterocycles. The summed E-state index contributed by atoms with van der Waals surface area (Å²) in [6, 6.07) is 29.5. The van der Waals surface area contributed by atoms with E-state index in [1.54, 1.807) is 27.1 Å². The van der Waals surface area contributed by atoms with E-state index in [1.807, 2.05) is 109 Å². The molecule has 64 heavy (non-hydrogen) atoms. The Kier molecular flexibility index (Phi) is 13.8. The van der Waals surface area contributed by atoms with Crippen LogP contribution in [-0.4, -0.2) is 98.2 Å². The molecule has 3 N–H and O–H groups in total. The molecule has 2 aliphatic rings. The molecule has 0 saturated carbocycles. The van der Waals surface area contributed by atoms with Gasteiger partial charge in [-0.25, -0.2) is 14.8 Å². The van der Waals surface area contributed by atoms with Gasteiger partial charge in [0.1, 0.15) is 18.0 Å². The maximum atomic E-state index is 14.7. The van der Waals surface area contributed by atoms with Gasteiger partial charge in [-0.1, -0.05) is 91.5 Å². The normalized spacial score (nSPS) is 16.5. The quantitative estimate of drug-likeness (QED) is 0.0520. The molecule has 4 aromatic carbocycles. The Balaban J connectivity index is 1.16. The van der Waals surface area contributed by atoms with Crippen molar-refractivity contribution in [2.24, 2.45) is 7.05 Å². The van der Waals surface area contributed by atoms with Crippen LogP contribution in [0.2, 0.25) is 0 Å². The number of nitrogens with zero attached hydrogens (tertiary/aromatic N) is 6. The molecule has 0 aliphatic carbocycles. The number of aryl methyl sites for hydroxylation is 1. The Hall–Kier alpha value is -7.38. The topological polar surface area (TPSA) is 134 Å². The van der Waals surface area contributed by atoms with Crippen LogP contribution >= 0.6 is 0 Å². The first-order valence-corrected chi connectivity index (χ1v) is 21.5. The zero-order valence-electron chi connectivity index (χ0n) is 36.7. The summed E-state index contributed by atoms with van der Waals surface area (Å²) in [7, 11) is 1.97. The average molecular weight is 861 g/mol. The molecule has 0 spiro atoms. The molecule has 1 aromatic heterocycles. The highest BCUT2D eigenvalue weighted by atomic mass is 16.3. The smallest absolute Gasteiger partial charge is 0.334 e. The van der Waals surface area contributed by atoms with Gasteiger partial charge in [-0.2, -0.15) is 0 Å². The van der Waals surface area contributed by atoms with Crippen molar-refractivity contribution in [3.63, 3.8) is 0 Å². The van der Waals surface area contributed by atoms with Gasteiger partial charge in [0.05, 0.1) is 18.6 Å². The lowest BCUT2D eigenvalue weighted by Gasteiger charge is -2.55. The number of allylic oxidation sites excluding steroid dienone is 2. The highest BCUT2D eigenvalue weighted by Gasteiger charge is 2.51. The molecular formula is C51H56N8O5. The molecule has 2 fully saturated rings. The number of piperazine rings is 1. The van der Waals surface area contributed by atoms with E-state index in [-0.39, 0.29) is 62.6 Å². The van der Waals surface area contributed by atoms with E-state index in [1.165, 1.54) is 11.0 Å². The number of aliphatic hydroxyl groups excluding tert-OH is 1. The molecule has 13 nitrogen and oxygen atoms in total. The van der Waals surface area contributed by atoms with Crippen molar-refractivity contribution in [3.05, 3.63) is 169 Å². The van der Waals surface area contributed by atoms with Gasteiger partial charge < -0.3 is 35.0 Å². The van der Waals surface area contributed by atoms with Crippen LogP contribution in [0.1, 0.15) is 41.8 Å². The standard InChI is InChI=1S/C51H56N8O5/c1-7-28-57-34-47(61)58-45(29-35(4)18-19-36(5)60)50(63)56(33-46(58)59(57)51(64)52-30-37-14-11-10-12-15-37)31-40-16-13-17-43-44(32-54(6)48(40)43)38-20-24-41(25-21-38)53-49(62)39-22-26-42(27-23-39)55(8-2)9-3/h7,10-27,32,45-46,60H,1,4-5,8-9,28-31,33-34H2,2-3,6H3,(H,52,64)(H,53,62)/b19-18-/t45-,46-/m0/s1. The number of benzene rings is 4. The number of aliphatic hydroxyl groups is 1. The molecule has 2 aliphatic heterocycles. The Labute approximate surface area is 374 Å². The Bertz CT molecular complexity index is 2580. The number of carbonyl (C=O) groups is 4. The number of anilines is 2. The van der Waals surface area contributed by atoms with Crippen LogP contribution in [0.25, 0.3) is 22.0 Å². The van der Waals surface area contributed by atoms with Crippen molar-refractivity contribution in [1.29, 1.82) is 0 Å². The lowest BCUT2D eigenvalue weighted by molar-refractivity contribution is -0.189. The minimum Gasteiger partial charge on any atom is -0.509 e. The molecule has 5 amide bonds. The Morgan fingerprint density at radius 3 is 2.30 bits per heavy atom. The van der Waals surface area contributed by atoms with E-state index in [0.29, 0.717) is 16.8 Å². The summed E-state index contributed by atoms with van der Waals surface area (Å²) in [5, 5.41) is 20.0. The monoisotopic (exact) mass is 860 g/mol. The second-order valence-electron chi connectivity index (χ2n) is 16.0. The van der Waals surface area contributed by atoms with E-state index in [2.05, 4.69) is 55.3 Å². The van der Waals surface area contributed by atoms with Crippen LogP contribution in [0, 0.1) is 0 Å². The molecule has 0 radical (unpaired) electrons. The first-order valence-electron chi connectivity index (χ1n) is 21.5. The maximum absolute atomic E-state index is 14.7. The lowest BCUT2D eigenvalue weighted by Crippen LogP contribution is -2.76. The van der Waals surface area contributed by atoms with Gasteiger partial charge in [0.15, 0.2) is 0 Å². The third kappa shape index (κ3) is 9.64. The minimum absolute atomic E-state index is 0.0458. The van der Waals surface area contributed by atoms with Gasteiger partial charge in [0, 0.05) is 80.3 Å². The number of hydrazine groups is 1. The highest BCUT2D eigenvalue weighted by molar-refractivity contribution is 6.05. The molecule has 0 bridgehead atoms. The number of para-hydroxylation sites is 1. The fourth-order valence-corrected chi connectivity index (χ4v) is 8.69. The van der Waals surface area contributed by atoms with Crippen molar-refractivity contribution in [2.75, 3.05) is 42.9 Å². The molecule has 2 atom stereocenters. The second-order valence-corrected chi connectivity index (χ2v) is 16.0. The number of rotatable bonds is 16. The van der Waals surface area contributed by atoms with Gasteiger partial charge in [-0.15, -0.1) is 6.58 Å². The van der Waals surface area contributed by atoms with Crippen molar-refractivity contribution < 1.29 is 24.3 Å². The lowest BCUT2D eigenvalue weighted by atomic mass is 9.98. The summed E-state index contributed by atoms with van der Waals surface area (Å²) >= 11 is 0. The second kappa shape index (κ2) is 19.8. The molecule has 13 heteroatoms. The number of hydrogen-bond donors (Lipinski definition) is 3. The fourth-order valence-electron chi connectivity index (χ4n) is 8.69. The number of amides is 5. The van der Waals surface area contributed by atoms with Gasteiger partial charge in [-0.05, 0) is 73.0 Å². The maximum Gasteiger partial charge on any atom is 0.334 e. The predicted octanol–water partition coefficient (Wildman–Crippen LogP) is 8.01. The summed E-state index contributed by atoms with van der Waals surface area (Å²) in [4.78, 5) is 61.6. The predicted molar refractivity (Wildman–Crippen MR) is 253 cm³/mol. The molecule has 5 aromatic rings. The zero-order valence-corrected chi connectivity index (χ0v) is 36.7. The van der Waals surface area contributed by atoms with Gasteiger partial charge in [0.2, 0.25) is 11.8 Å². The van der Waals surface area contributed by atoms with Gasteiger partial charge in [-0.3, -0.25) is 14.4 Å². The van der Waals surface area contributed by atoms with E-state index in [4.69, 9.17) is 0 Å². The van der Waals surface area contributed by atoms with Gasteiger partial charge >= 0.3 is 6.03 Å². The number of aromatic nitrogens is 1. The van der Waals surface area contributed by atoms with Crippen LogP contribution in [0.15, 0.2) is 153 Å².